The van der Waals surface area contributed by atoms with E-state index in [1.54, 1.807) is 14.2 Å². The van der Waals surface area contributed by atoms with E-state index in [4.69, 9.17) is 9.47 Å². The van der Waals surface area contributed by atoms with Crippen LogP contribution in [0, 0.1) is 5.92 Å². The van der Waals surface area contributed by atoms with Gasteiger partial charge in [-0.05, 0) is 50.4 Å². The Morgan fingerprint density at radius 3 is 2.77 bits per heavy atom. The molecule has 1 aliphatic heterocycles. The van der Waals surface area contributed by atoms with Gasteiger partial charge in [-0.15, -0.1) is 0 Å². The van der Waals surface area contributed by atoms with Gasteiger partial charge in [-0.2, -0.15) is 0 Å². The fraction of sp³-hybridized carbons (Fsp3) is 0.588. The van der Waals surface area contributed by atoms with Gasteiger partial charge in [0.05, 0.1) is 26.3 Å². The van der Waals surface area contributed by atoms with Gasteiger partial charge in [0.25, 0.3) is 0 Å². The summed E-state index contributed by atoms with van der Waals surface area (Å²) in [7, 11) is 3.26. The third kappa shape index (κ3) is 3.91. The number of carbonyl (C=O) groups excluding carboxylic acids is 1. The van der Waals surface area contributed by atoms with E-state index in [0.717, 1.165) is 36.4 Å². The molecule has 5 heteroatoms. The predicted molar refractivity (Wildman–Crippen MR) is 86.3 cm³/mol. The van der Waals surface area contributed by atoms with Crippen LogP contribution in [-0.2, 0) is 4.79 Å². The van der Waals surface area contributed by atoms with Crippen molar-refractivity contribution in [1.29, 1.82) is 0 Å². The quantitative estimate of drug-likeness (QED) is 0.876. The topological polar surface area (TPSA) is 59.6 Å². The molecule has 1 aromatic rings. The molecule has 0 radical (unpaired) electrons. The van der Waals surface area contributed by atoms with Crippen molar-refractivity contribution in [3.05, 3.63) is 23.8 Å². The van der Waals surface area contributed by atoms with Crippen LogP contribution in [0.3, 0.4) is 0 Å². The van der Waals surface area contributed by atoms with E-state index in [2.05, 4.69) is 17.6 Å². The smallest absolute Gasteiger partial charge is 0.237 e. The maximum atomic E-state index is 12.4. The highest BCUT2D eigenvalue weighted by Crippen LogP contribution is 2.29. The minimum Gasteiger partial charge on any atom is -0.497 e. The molecular weight excluding hydrogens is 280 g/mol. The number of piperidine rings is 1. The van der Waals surface area contributed by atoms with E-state index in [1.807, 2.05) is 25.1 Å². The lowest BCUT2D eigenvalue weighted by Gasteiger charge is -2.28. The number of benzene rings is 1. The summed E-state index contributed by atoms with van der Waals surface area (Å²) in [6, 6.07) is 5.36. The van der Waals surface area contributed by atoms with Crippen molar-refractivity contribution >= 4 is 5.91 Å². The third-order valence-electron chi connectivity index (χ3n) is 4.24. The predicted octanol–water partition coefficient (Wildman–Crippen LogP) is 2.27. The molecule has 1 aromatic carbocycles. The molecule has 0 bridgehead atoms. The van der Waals surface area contributed by atoms with Gasteiger partial charge in [0, 0.05) is 5.56 Å². The minimum atomic E-state index is -0.142. The van der Waals surface area contributed by atoms with Crippen LogP contribution in [0.5, 0.6) is 11.5 Å². The summed E-state index contributed by atoms with van der Waals surface area (Å²) in [4.78, 5) is 12.4. The minimum absolute atomic E-state index is 0.0453. The van der Waals surface area contributed by atoms with Crippen LogP contribution in [-0.4, -0.2) is 32.7 Å². The molecule has 0 saturated carbocycles. The Morgan fingerprint density at radius 2 is 2.14 bits per heavy atom. The number of carbonyl (C=O) groups is 1. The van der Waals surface area contributed by atoms with Crippen molar-refractivity contribution < 1.29 is 14.3 Å². The highest BCUT2D eigenvalue weighted by atomic mass is 16.5. The summed E-state index contributed by atoms with van der Waals surface area (Å²) in [5.41, 5.74) is 0.916. The molecule has 3 unspecified atom stereocenters. The second-order valence-corrected chi connectivity index (χ2v) is 5.97. The van der Waals surface area contributed by atoms with Gasteiger partial charge in [-0.25, -0.2) is 0 Å². The van der Waals surface area contributed by atoms with Gasteiger partial charge >= 0.3 is 0 Å². The number of hydrogen-bond donors (Lipinski definition) is 2. The van der Waals surface area contributed by atoms with Crippen LogP contribution in [0.25, 0.3) is 0 Å². The van der Waals surface area contributed by atoms with Crippen molar-refractivity contribution in [2.24, 2.45) is 5.92 Å². The monoisotopic (exact) mass is 306 g/mol. The SMILES string of the molecule is COc1ccc(OC)c(C(C)NC(=O)C2CC(C)CCN2)c1. The number of rotatable bonds is 5. The van der Waals surface area contributed by atoms with Gasteiger partial charge in [0.2, 0.25) is 5.91 Å². The lowest BCUT2D eigenvalue weighted by Crippen LogP contribution is -2.48. The molecule has 2 rings (SSSR count). The van der Waals surface area contributed by atoms with Crippen LogP contribution >= 0.6 is 0 Å². The molecule has 122 valence electrons. The number of methoxy groups -OCH3 is 2. The Labute approximate surface area is 132 Å². The maximum absolute atomic E-state index is 12.4. The van der Waals surface area contributed by atoms with E-state index in [1.165, 1.54) is 0 Å². The molecule has 1 fully saturated rings. The zero-order chi connectivity index (χ0) is 16.1. The second kappa shape index (κ2) is 7.49. The third-order valence-corrected chi connectivity index (χ3v) is 4.24. The summed E-state index contributed by atoms with van der Waals surface area (Å²) in [5.74, 6) is 2.13. The summed E-state index contributed by atoms with van der Waals surface area (Å²) < 4.78 is 10.6. The van der Waals surface area contributed by atoms with Crippen LogP contribution in [0.15, 0.2) is 18.2 Å². The molecule has 22 heavy (non-hydrogen) atoms. The summed E-state index contributed by atoms with van der Waals surface area (Å²) in [5, 5.41) is 6.36. The first kappa shape index (κ1) is 16.6. The maximum Gasteiger partial charge on any atom is 0.237 e. The zero-order valence-electron chi connectivity index (χ0n) is 13.8. The summed E-state index contributed by atoms with van der Waals surface area (Å²) in [6.07, 6.45) is 2.01. The Bertz CT molecular complexity index is 519. The van der Waals surface area contributed by atoms with Crippen molar-refractivity contribution in [2.45, 2.75) is 38.8 Å². The van der Waals surface area contributed by atoms with Crippen LogP contribution in [0.2, 0.25) is 0 Å². The summed E-state index contributed by atoms with van der Waals surface area (Å²) >= 11 is 0. The number of nitrogens with one attached hydrogen (secondary N) is 2. The van der Waals surface area contributed by atoms with Crippen molar-refractivity contribution in [3.63, 3.8) is 0 Å². The van der Waals surface area contributed by atoms with Gasteiger partial charge in [-0.3, -0.25) is 4.79 Å². The normalized spacial score (nSPS) is 22.7. The van der Waals surface area contributed by atoms with E-state index in [-0.39, 0.29) is 18.0 Å². The molecule has 1 amide bonds. The molecule has 0 aromatic heterocycles. The molecule has 1 aliphatic rings. The highest BCUT2D eigenvalue weighted by Gasteiger charge is 2.26. The first-order chi connectivity index (χ1) is 10.5. The largest absolute Gasteiger partial charge is 0.497 e. The van der Waals surface area contributed by atoms with Crippen LogP contribution in [0.4, 0.5) is 0 Å². The molecule has 3 atom stereocenters. The highest BCUT2D eigenvalue weighted by molar-refractivity contribution is 5.82. The molecule has 5 nitrogen and oxygen atoms in total. The number of ether oxygens (including phenoxy) is 2. The molecule has 0 spiro atoms. The standard InChI is InChI=1S/C17H26N2O3/c1-11-7-8-18-15(9-11)17(20)19-12(2)14-10-13(21-3)5-6-16(14)22-4/h5-6,10-12,15,18H,7-9H2,1-4H3,(H,19,20). The average Bonchev–Trinajstić information content (AvgIpc) is 2.54. The van der Waals surface area contributed by atoms with E-state index < -0.39 is 0 Å². The van der Waals surface area contributed by atoms with E-state index in [0.29, 0.717) is 5.92 Å². The lowest BCUT2D eigenvalue weighted by atomic mass is 9.93. The zero-order valence-corrected chi connectivity index (χ0v) is 13.8. The van der Waals surface area contributed by atoms with Crippen molar-refractivity contribution in [1.82, 2.24) is 10.6 Å². The van der Waals surface area contributed by atoms with Gasteiger partial charge < -0.3 is 20.1 Å². The molecule has 0 aliphatic carbocycles. The molecule has 1 heterocycles. The van der Waals surface area contributed by atoms with Gasteiger partial charge in [-0.1, -0.05) is 6.92 Å². The molecular formula is C17H26N2O3. The van der Waals surface area contributed by atoms with Crippen LogP contribution in [0.1, 0.15) is 38.3 Å². The number of amides is 1. The second-order valence-electron chi connectivity index (χ2n) is 5.97. The average molecular weight is 306 g/mol. The first-order valence-corrected chi connectivity index (χ1v) is 7.80. The van der Waals surface area contributed by atoms with Gasteiger partial charge in [0.15, 0.2) is 0 Å². The first-order valence-electron chi connectivity index (χ1n) is 7.80. The van der Waals surface area contributed by atoms with Crippen molar-refractivity contribution in [3.8, 4) is 11.5 Å². The van der Waals surface area contributed by atoms with Crippen LogP contribution < -0.4 is 20.1 Å². The Kier molecular flexibility index (Phi) is 5.66. The summed E-state index contributed by atoms with van der Waals surface area (Å²) in [6.45, 7) is 5.05. The van der Waals surface area contributed by atoms with E-state index >= 15 is 0 Å². The fourth-order valence-corrected chi connectivity index (χ4v) is 2.88. The molecule has 2 N–H and O–H groups in total. The number of hydrogen-bond acceptors (Lipinski definition) is 4. The Hall–Kier alpha value is -1.75. The Morgan fingerprint density at radius 1 is 1.36 bits per heavy atom. The molecule has 1 saturated heterocycles. The lowest BCUT2D eigenvalue weighted by molar-refractivity contribution is -0.124. The van der Waals surface area contributed by atoms with Gasteiger partial charge in [0.1, 0.15) is 11.5 Å². The van der Waals surface area contributed by atoms with Crippen molar-refractivity contribution in [2.75, 3.05) is 20.8 Å². The van der Waals surface area contributed by atoms with E-state index in [9.17, 15) is 4.79 Å². The fourth-order valence-electron chi connectivity index (χ4n) is 2.88. The Balaban J connectivity index is 2.07.